The average Bonchev–Trinajstić information content (AvgIpc) is 3.00. The molecule has 2 amide bonds. The number of carbonyl (C=O) groups excluding carboxylic acids is 2. The lowest BCUT2D eigenvalue weighted by Crippen LogP contribution is -2.32. The molecule has 1 N–H and O–H groups in total. The number of benzene rings is 2. The van der Waals surface area contributed by atoms with Crippen molar-refractivity contribution in [3.8, 4) is 11.5 Å². The minimum Gasteiger partial charge on any atom is -0.493 e. The van der Waals surface area contributed by atoms with Crippen LogP contribution < -0.4 is 14.8 Å². The van der Waals surface area contributed by atoms with Crippen LogP contribution in [0.2, 0.25) is 0 Å². The van der Waals surface area contributed by atoms with E-state index in [9.17, 15) is 9.59 Å². The average molecular weight is 394 g/mol. The number of imide groups is 1. The molecule has 2 aromatic carbocycles. The van der Waals surface area contributed by atoms with E-state index in [1.165, 1.54) is 16.0 Å². The summed E-state index contributed by atoms with van der Waals surface area (Å²) in [5, 5.41) is 3.58. The summed E-state index contributed by atoms with van der Waals surface area (Å²) in [6, 6.07) is 11.4. The van der Waals surface area contributed by atoms with Crippen LogP contribution in [0.5, 0.6) is 11.5 Å². The summed E-state index contributed by atoms with van der Waals surface area (Å²) < 4.78 is 10.9. The van der Waals surface area contributed by atoms with Gasteiger partial charge in [0.2, 0.25) is 0 Å². The molecule has 2 aliphatic rings. The molecule has 152 valence electrons. The number of hydrogen-bond donors (Lipinski definition) is 1. The van der Waals surface area contributed by atoms with Crippen LogP contribution in [0.1, 0.15) is 57.1 Å². The van der Waals surface area contributed by atoms with Gasteiger partial charge in [-0.2, -0.15) is 0 Å². The Bertz CT molecular complexity index is 905. The number of ether oxygens (including phenoxy) is 2. The third-order valence-electron chi connectivity index (χ3n) is 5.81. The minimum absolute atomic E-state index is 0.177. The maximum Gasteiger partial charge on any atom is 0.261 e. The number of nitrogens with one attached hydrogen (secondary N) is 1. The summed E-state index contributed by atoms with van der Waals surface area (Å²) in [7, 11) is 3.31. The van der Waals surface area contributed by atoms with E-state index in [-0.39, 0.29) is 17.9 Å². The van der Waals surface area contributed by atoms with Gasteiger partial charge in [0.05, 0.1) is 25.3 Å². The van der Waals surface area contributed by atoms with E-state index in [1.807, 2.05) is 0 Å². The summed E-state index contributed by atoms with van der Waals surface area (Å²) in [4.78, 5) is 26.3. The van der Waals surface area contributed by atoms with E-state index < -0.39 is 0 Å². The monoisotopic (exact) mass is 394 g/mol. The van der Waals surface area contributed by atoms with Crippen molar-refractivity contribution in [3.05, 3.63) is 58.7 Å². The molecule has 0 radical (unpaired) electrons. The van der Waals surface area contributed by atoms with Crippen LogP contribution in [0.15, 0.2) is 36.4 Å². The first kappa shape index (κ1) is 19.5. The Morgan fingerprint density at radius 1 is 1.00 bits per heavy atom. The van der Waals surface area contributed by atoms with Crippen LogP contribution in [0.3, 0.4) is 0 Å². The largest absolute Gasteiger partial charge is 0.493 e. The topological polar surface area (TPSA) is 67.9 Å². The third kappa shape index (κ3) is 3.60. The van der Waals surface area contributed by atoms with E-state index in [1.54, 1.807) is 38.5 Å². The third-order valence-corrected chi connectivity index (χ3v) is 5.81. The zero-order valence-corrected chi connectivity index (χ0v) is 16.9. The Hall–Kier alpha value is -2.86. The molecule has 0 spiro atoms. The number of rotatable bonds is 7. The molecule has 0 saturated heterocycles. The normalized spacial score (nSPS) is 17.9. The quantitative estimate of drug-likeness (QED) is 0.576. The van der Waals surface area contributed by atoms with E-state index >= 15 is 0 Å². The Kier molecular flexibility index (Phi) is 5.53. The van der Waals surface area contributed by atoms with Gasteiger partial charge in [0, 0.05) is 12.6 Å². The maximum atomic E-state index is 12.5. The first-order chi connectivity index (χ1) is 14.1. The predicted molar refractivity (Wildman–Crippen MR) is 110 cm³/mol. The molecule has 2 aliphatic heterocycles. The van der Waals surface area contributed by atoms with Crippen molar-refractivity contribution in [3.63, 3.8) is 0 Å². The van der Waals surface area contributed by atoms with Gasteiger partial charge in [0.1, 0.15) is 0 Å². The molecule has 1 unspecified atom stereocenters. The summed E-state index contributed by atoms with van der Waals surface area (Å²) in [5.74, 6) is 1.15. The van der Waals surface area contributed by atoms with Gasteiger partial charge in [-0.25, -0.2) is 0 Å². The van der Waals surface area contributed by atoms with Crippen LogP contribution in [0.4, 0.5) is 0 Å². The van der Waals surface area contributed by atoms with Gasteiger partial charge in [-0.05, 0) is 67.6 Å². The number of unbranched alkanes of at least 4 members (excludes halogenated alkanes) is 1. The molecule has 0 bridgehead atoms. The molecule has 2 aromatic rings. The van der Waals surface area contributed by atoms with Crippen LogP contribution in [-0.4, -0.2) is 44.0 Å². The Labute approximate surface area is 170 Å². The first-order valence-electron chi connectivity index (χ1n) is 10.1. The highest BCUT2D eigenvalue weighted by Gasteiger charge is 2.34. The van der Waals surface area contributed by atoms with E-state index in [0.29, 0.717) is 17.7 Å². The molecule has 2 heterocycles. The second-order valence-electron chi connectivity index (χ2n) is 7.47. The number of fused-ring (bicyclic) bond motifs is 2. The smallest absolute Gasteiger partial charge is 0.261 e. The standard InChI is InChI=1S/C23H26N2O4/c1-28-20-13-15-10-11-24-19(18(15)14-21(20)29-2)9-5-6-12-25-22(26)16-7-3-4-8-17(16)23(25)27/h3-4,7-8,13-14,19,24H,5-6,9-12H2,1-2H3. The molecule has 0 aromatic heterocycles. The number of methoxy groups -OCH3 is 2. The van der Waals surface area contributed by atoms with Crippen LogP contribution >= 0.6 is 0 Å². The van der Waals surface area contributed by atoms with E-state index in [2.05, 4.69) is 17.4 Å². The minimum atomic E-state index is -0.177. The summed E-state index contributed by atoms with van der Waals surface area (Å²) in [6.07, 6.45) is 3.60. The Balaban J connectivity index is 1.37. The molecule has 0 fully saturated rings. The van der Waals surface area contributed by atoms with Gasteiger partial charge < -0.3 is 14.8 Å². The zero-order chi connectivity index (χ0) is 20.4. The van der Waals surface area contributed by atoms with Gasteiger partial charge >= 0.3 is 0 Å². The van der Waals surface area contributed by atoms with Crippen molar-refractivity contribution in [2.24, 2.45) is 0 Å². The van der Waals surface area contributed by atoms with Gasteiger partial charge in [-0.1, -0.05) is 12.1 Å². The van der Waals surface area contributed by atoms with Crippen LogP contribution in [0.25, 0.3) is 0 Å². The highest BCUT2D eigenvalue weighted by molar-refractivity contribution is 6.21. The molecule has 29 heavy (non-hydrogen) atoms. The Morgan fingerprint density at radius 2 is 1.66 bits per heavy atom. The van der Waals surface area contributed by atoms with Gasteiger partial charge in [-0.15, -0.1) is 0 Å². The molecule has 0 aliphatic carbocycles. The highest BCUT2D eigenvalue weighted by Crippen LogP contribution is 2.36. The van der Waals surface area contributed by atoms with Gasteiger partial charge in [-0.3, -0.25) is 14.5 Å². The number of carbonyl (C=O) groups is 2. The van der Waals surface area contributed by atoms with Crippen molar-refractivity contribution < 1.29 is 19.1 Å². The lowest BCUT2D eigenvalue weighted by atomic mass is 9.90. The van der Waals surface area contributed by atoms with Crippen molar-refractivity contribution in [1.29, 1.82) is 0 Å². The van der Waals surface area contributed by atoms with Gasteiger partial charge in [0.25, 0.3) is 11.8 Å². The molecule has 0 saturated carbocycles. The highest BCUT2D eigenvalue weighted by atomic mass is 16.5. The van der Waals surface area contributed by atoms with Crippen molar-refractivity contribution >= 4 is 11.8 Å². The Morgan fingerprint density at radius 3 is 2.31 bits per heavy atom. The van der Waals surface area contributed by atoms with Gasteiger partial charge in [0.15, 0.2) is 11.5 Å². The SMILES string of the molecule is COc1cc2c(cc1OC)C(CCCCN1C(=O)c3ccccc3C1=O)NCC2. The number of hydrogen-bond acceptors (Lipinski definition) is 5. The molecule has 6 nitrogen and oxygen atoms in total. The summed E-state index contributed by atoms with van der Waals surface area (Å²) >= 11 is 0. The summed E-state index contributed by atoms with van der Waals surface area (Å²) in [6.45, 7) is 1.38. The van der Waals surface area contributed by atoms with Crippen molar-refractivity contribution in [2.45, 2.75) is 31.7 Å². The fraction of sp³-hybridized carbons (Fsp3) is 0.391. The van der Waals surface area contributed by atoms with Crippen LogP contribution in [-0.2, 0) is 6.42 Å². The second-order valence-corrected chi connectivity index (χ2v) is 7.47. The number of nitrogens with zero attached hydrogens (tertiary/aromatic N) is 1. The fourth-order valence-electron chi connectivity index (χ4n) is 4.29. The molecular weight excluding hydrogens is 368 g/mol. The molecule has 4 rings (SSSR count). The van der Waals surface area contributed by atoms with Crippen molar-refractivity contribution in [1.82, 2.24) is 10.2 Å². The predicted octanol–water partition coefficient (Wildman–Crippen LogP) is 3.36. The lowest BCUT2D eigenvalue weighted by Gasteiger charge is -2.28. The summed E-state index contributed by atoms with van der Waals surface area (Å²) in [5.41, 5.74) is 3.56. The second kappa shape index (κ2) is 8.25. The molecule has 6 heteroatoms. The molecular formula is C23H26N2O4. The molecule has 1 atom stereocenters. The van der Waals surface area contributed by atoms with Crippen LogP contribution in [0, 0.1) is 0 Å². The first-order valence-corrected chi connectivity index (χ1v) is 10.1. The maximum absolute atomic E-state index is 12.5. The zero-order valence-electron chi connectivity index (χ0n) is 16.9. The van der Waals surface area contributed by atoms with E-state index in [4.69, 9.17) is 9.47 Å². The number of amides is 2. The fourth-order valence-corrected chi connectivity index (χ4v) is 4.29. The van der Waals surface area contributed by atoms with E-state index in [0.717, 1.165) is 43.7 Å². The lowest BCUT2D eigenvalue weighted by molar-refractivity contribution is 0.0651. The van der Waals surface area contributed by atoms with Crippen molar-refractivity contribution in [2.75, 3.05) is 27.3 Å².